The molecule has 1 aromatic carbocycles. The van der Waals surface area contributed by atoms with E-state index in [0.717, 1.165) is 19.4 Å². The predicted molar refractivity (Wildman–Crippen MR) is 83.2 cm³/mol. The third-order valence-corrected chi connectivity index (χ3v) is 3.40. The van der Waals surface area contributed by atoms with Gasteiger partial charge in [-0.1, -0.05) is 0 Å². The molecule has 1 atom stereocenters. The average molecular weight is 309 g/mol. The lowest BCUT2D eigenvalue weighted by Crippen LogP contribution is -2.48. The Kier molecular flexibility index (Phi) is 5.77. The van der Waals surface area contributed by atoms with Crippen LogP contribution in [0.1, 0.15) is 23.2 Å². The van der Waals surface area contributed by atoms with Crippen LogP contribution >= 0.6 is 12.2 Å². The van der Waals surface area contributed by atoms with Crippen LogP contribution in [0, 0.1) is 0 Å². The lowest BCUT2D eigenvalue weighted by atomic mass is 10.2. The van der Waals surface area contributed by atoms with E-state index >= 15 is 0 Å². The zero-order valence-electron chi connectivity index (χ0n) is 11.8. The number of carbonyl (C=O) groups is 1. The standard InChI is InChI=1S/C14H19N3O3S/c1-19-11-6-4-10(5-7-11)13(18)16-17-14(21)15-9-12-3-2-8-20-12/h4-7,12H,2-3,8-9H2,1H3,(H,16,18)(H2,15,17,21)/t12-/m0/s1. The van der Waals surface area contributed by atoms with Gasteiger partial charge < -0.3 is 14.8 Å². The maximum atomic E-state index is 11.9. The third-order valence-electron chi connectivity index (χ3n) is 3.16. The van der Waals surface area contributed by atoms with Gasteiger partial charge >= 0.3 is 0 Å². The number of hydrogen-bond donors (Lipinski definition) is 3. The van der Waals surface area contributed by atoms with Crippen LogP contribution in [-0.2, 0) is 4.74 Å². The van der Waals surface area contributed by atoms with E-state index in [2.05, 4.69) is 16.2 Å². The van der Waals surface area contributed by atoms with E-state index in [0.29, 0.717) is 23.0 Å². The van der Waals surface area contributed by atoms with Crippen molar-refractivity contribution in [3.63, 3.8) is 0 Å². The van der Waals surface area contributed by atoms with Gasteiger partial charge in [-0.05, 0) is 49.3 Å². The number of methoxy groups -OCH3 is 1. The van der Waals surface area contributed by atoms with Crippen molar-refractivity contribution in [3.05, 3.63) is 29.8 Å². The molecule has 0 bridgehead atoms. The Morgan fingerprint density at radius 3 is 2.76 bits per heavy atom. The number of amides is 1. The van der Waals surface area contributed by atoms with Crippen molar-refractivity contribution in [1.29, 1.82) is 0 Å². The SMILES string of the molecule is COc1ccc(C(=O)NNC(=S)NC[C@@H]2CCCO2)cc1. The van der Waals surface area contributed by atoms with E-state index in [-0.39, 0.29) is 12.0 Å². The summed E-state index contributed by atoms with van der Waals surface area (Å²) < 4.78 is 10.5. The van der Waals surface area contributed by atoms with Crippen molar-refractivity contribution in [2.45, 2.75) is 18.9 Å². The summed E-state index contributed by atoms with van der Waals surface area (Å²) in [4.78, 5) is 11.9. The predicted octanol–water partition coefficient (Wildman–Crippen LogP) is 0.983. The minimum absolute atomic E-state index is 0.196. The first-order valence-electron chi connectivity index (χ1n) is 6.79. The van der Waals surface area contributed by atoms with E-state index < -0.39 is 0 Å². The maximum Gasteiger partial charge on any atom is 0.269 e. The minimum Gasteiger partial charge on any atom is -0.497 e. The summed E-state index contributed by atoms with van der Waals surface area (Å²) in [5.74, 6) is 0.437. The van der Waals surface area contributed by atoms with Gasteiger partial charge in [0.05, 0.1) is 13.2 Å². The van der Waals surface area contributed by atoms with E-state index in [9.17, 15) is 4.79 Å². The first kappa shape index (κ1) is 15.5. The summed E-state index contributed by atoms with van der Waals surface area (Å²) in [5, 5.41) is 3.38. The highest BCUT2D eigenvalue weighted by molar-refractivity contribution is 7.80. The van der Waals surface area contributed by atoms with Crippen LogP contribution in [0.2, 0.25) is 0 Å². The molecule has 2 rings (SSSR count). The molecule has 3 N–H and O–H groups in total. The second-order valence-electron chi connectivity index (χ2n) is 4.65. The quantitative estimate of drug-likeness (QED) is 0.569. The maximum absolute atomic E-state index is 11.9. The Morgan fingerprint density at radius 2 is 2.14 bits per heavy atom. The zero-order valence-corrected chi connectivity index (χ0v) is 12.7. The topological polar surface area (TPSA) is 71.6 Å². The number of ether oxygens (including phenoxy) is 2. The minimum atomic E-state index is -0.265. The van der Waals surface area contributed by atoms with Crippen LogP contribution in [0.5, 0.6) is 5.75 Å². The van der Waals surface area contributed by atoms with Crippen LogP contribution in [0.3, 0.4) is 0 Å². The highest BCUT2D eigenvalue weighted by Crippen LogP contribution is 2.11. The van der Waals surface area contributed by atoms with Gasteiger partial charge in [-0.25, -0.2) is 0 Å². The van der Waals surface area contributed by atoms with Crippen molar-refractivity contribution in [1.82, 2.24) is 16.2 Å². The van der Waals surface area contributed by atoms with Crippen LogP contribution < -0.4 is 20.9 Å². The first-order chi connectivity index (χ1) is 10.2. The first-order valence-corrected chi connectivity index (χ1v) is 7.19. The van der Waals surface area contributed by atoms with E-state index in [4.69, 9.17) is 21.7 Å². The number of nitrogens with one attached hydrogen (secondary N) is 3. The molecule has 1 aromatic rings. The van der Waals surface area contributed by atoms with Crippen molar-refractivity contribution >= 4 is 23.2 Å². The van der Waals surface area contributed by atoms with Crippen LogP contribution in [0.4, 0.5) is 0 Å². The summed E-state index contributed by atoms with van der Waals surface area (Å²) in [6.45, 7) is 1.45. The number of hydrogen-bond acceptors (Lipinski definition) is 4. The lowest BCUT2D eigenvalue weighted by molar-refractivity contribution is 0.0943. The van der Waals surface area contributed by atoms with Crippen molar-refractivity contribution < 1.29 is 14.3 Å². The van der Waals surface area contributed by atoms with Gasteiger partial charge in [-0.15, -0.1) is 0 Å². The Morgan fingerprint density at radius 1 is 1.38 bits per heavy atom. The number of carbonyl (C=O) groups excluding carboxylic acids is 1. The molecule has 1 heterocycles. The summed E-state index contributed by atoms with van der Waals surface area (Å²) in [5.41, 5.74) is 5.72. The molecule has 1 saturated heterocycles. The largest absolute Gasteiger partial charge is 0.497 e. The molecule has 1 amide bonds. The molecule has 1 fully saturated rings. The monoisotopic (exact) mass is 309 g/mol. The van der Waals surface area contributed by atoms with E-state index in [1.807, 2.05) is 0 Å². The second-order valence-corrected chi connectivity index (χ2v) is 5.06. The fourth-order valence-corrected chi connectivity index (χ4v) is 2.12. The molecular weight excluding hydrogens is 290 g/mol. The Balaban J connectivity index is 1.70. The normalized spacial score (nSPS) is 17.1. The molecule has 1 aliphatic rings. The third kappa shape index (κ3) is 4.87. The number of rotatable bonds is 4. The lowest BCUT2D eigenvalue weighted by Gasteiger charge is -2.14. The van der Waals surface area contributed by atoms with Gasteiger partial charge in [0.1, 0.15) is 5.75 Å². The average Bonchev–Trinajstić information content (AvgIpc) is 3.04. The molecule has 114 valence electrons. The zero-order chi connectivity index (χ0) is 15.1. The molecule has 0 radical (unpaired) electrons. The Bertz CT molecular complexity index is 487. The molecule has 0 aliphatic carbocycles. The molecule has 0 unspecified atom stereocenters. The molecule has 0 saturated carbocycles. The number of thiocarbonyl (C=S) groups is 1. The van der Waals surface area contributed by atoms with Crippen molar-refractivity contribution in [2.24, 2.45) is 0 Å². The van der Waals surface area contributed by atoms with Gasteiger partial charge in [-0.2, -0.15) is 0 Å². The van der Waals surface area contributed by atoms with Gasteiger partial charge in [0.2, 0.25) is 0 Å². The smallest absolute Gasteiger partial charge is 0.269 e. The highest BCUT2D eigenvalue weighted by Gasteiger charge is 2.15. The van der Waals surface area contributed by atoms with E-state index in [1.54, 1.807) is 31.4 Å². The molecule has 6 nitrogen and oxygen atoms in total. The highest BCUT2D eigenvalue weighted by atomic mass is 32.1. The fraction of sp³-hybridized carbons (Fsp3) is 0.429. The number of benzene rings is 1. The van der Waals surface area contributed by atoms with Crippen LogP contribution in [0.15, 0.2) is 24.3 Å². The fourth-order valence-electron chi connectivity index (χ4n) is 1.98. The van der Waals surface area contributed by atoms with Gasteiger partial charge in [0.25, 0.3) is 5.91 Å². The summed E-state index contributed by atoms with van der Waals surface area (Å²) in [7, 11) is 1.58. The molecule has 0 aromatic heterocycles. The van der Waals surface area contributed by atoms with E-state index in [1.165, 1.54) is 0 Å². The molecule has 21 heavy (non-hydrogen) atoms. The van der Waals surface area contributed by atoms with Crippen LogP contribution in [0.25, 0.3) is 0 Å². The summed E-state index contributed by atoms with van der Waals surface area (Å²) in [6.07, 6.45) is 2.32. The van der Waals surface area contributed by atoms with Gasteiger partial charge in [0.15, 0.2) is 5.11 Å². The van der Waals surface area contributed by atoms with Crippen molar-refractivity contribution in [2.75, 3.05) is 20.3 Å². The van der Waals surface area contributed by atoms with Crippen molar-refractivity contribution in [3.8, 4) is 5.75 Å². The number of hydrazine groups is 1. The van der Waals surface area contributed by atoms with Crippen LogP contribution in [-0.4, -0.2) is 37.4 Å². The Labute approximate surface area is 129 Å². The summed E-state index contributed by atoms with van der Waals surface area (Å²) in [6, 6.07) is 6.81. The second kappa shape index (κ2) is 7.80. The summed E-state index contributed by atoms with van der Waals surface area (Å²) >= 11 is 5.08. The van der Waals surface area contributed by atoms with Gasteiger partial charge in [0, 0.05) is 18.7 Å². The molecular formula is C14H19N3O3S. The van der Waals surface area contributed by atoms with Gasteiger partial charge in [-0.3, -0.25) is 15.6 Å². The molecule has 0 spiro atoms. The molecule has 1 aliphatic heterocycles. The molecule has 7 heteroatoms. The Hall–Kier alpha value is -1.86.